The van der Waals surface area contributed by atoms with Gasteiger partial charge in [0.1, 0.15) is 6.04 Å². The van der Waals surface area contributed by atoms with Gasteiger partial charge >= 0.3 is 5.97 Å². The molecule has 1 unspecified atom stereocenters. The van der Waals surface area contributed by atoms with E-state index in [2.05, 4.69) is 15.5 Å². The number of carbonyl (C=O) groups is 2. The van der Waals surface area contributed by atoms with Crippen LogP contribution in [-0.2, 0) is 4.79 Å². The van der Waals surface area contributed by atoms with E-state index in [0.29, 0.717) is 5.56 Å². The Bertz CT molecular complexity index is 410. The average Bonchev–Trinajstić information content (AvgIpc) is 2.90. The highest BCUT2D eigenvalue weighted by Gasteiger charge is 2.30. The van der Waals surface area contributed by atoms with Gasteiger partial charge in [-0.15, -0.1) is 0 Å². The lowest BCUT2D eigenvalue weighted by Gasteiger charge is -2.27. The summed E-state index contributed by atoms with van der Waals surface area (Å²) >= 11 is 0. The van der Waals surface area contributed by atoms with E-state index >= 15 is 0 Å². The molecule has 6 heteroatoms. The van der Waals surface area contributed by atoms with E-state index in [9.17, 15) is 14.7 Å². The van der Waals surface area contributed by atoms with E-state index in [1.165, 1.54) is 12.4 Å². The van der Waals surface area contributed by atoms with Gasteiger partial charge in [0.25, 0.3) is 5.91 Å². The predicted octanol–water partition coefficient (Wildman–Crippen LogP) is 1.17. The van der Waals surface area contributed by atoms with Crippen molar-refractivity contribution < 1.29 is 14.7 Å². The van der Waals surface area contributed by atoms with Crippen molar-refractivity contribution in [1.29, 1.82) is 0 Å². The molecule has 2 rings (SSSR count). The summed E-state index contributed by atoms with van der Waals surface area (Å²) in [5, 5.41) is 18.0. The Morgan fingerprint density at radius 3 is 2.67 bits per heavy atom. The summed E-state index contributed by atoms with van der Waals surface area (Å²) in [7, 11) is 0. The fourth-order valence-electron chi connectivity index (χ4n) is 2.45. The number of amides is 1. The van der Waals surface area contributed by atoms with Gasteiger partial charge in [-0.1, -0.05) is 19.3 Å². The first-order valence-corrected chi connectivity index (χ1v) is 6.21. The zero-order valence-electron chi connectivity index (χ0n) is 10.1. The minimum absolute atomic E-state index is 0.0344. The first-order valence-electron chi connectivity index (χ1n) is 6.21. The van der Waals surface area contributed by atoms with Gasteiger partial charge < -0.3 is 10.4 Å². The second-order valence-corrected chi connectivity index (χ2v) is 4.67. The molecule has 0 aromatic carbocycles. The molecule has 3 N–H and O–H groups in total. The fourth-order valence-corrected chi connectivity index (χ4v) is 2.45. The Morgan fingerprint density at radius 2 is 2.11 bits per heavy atom. The molecule has 1 fully saturated rings. The number of aromatic amines is 1. The lowest BCUT2D eigenvalue weighted by Crippen LogP contribution is -2.46. The summed E-state index contributed by atoms with van der Waals surface area (Å²) < 4.78 is 0. The van der Waals surface area contributed by atoms with Crippen LogP contribution < -0.4 is 5.32 Å². The summed E-state index contributed by atoms with van der Waals surface area (Å²) in [6, 6.07) is -0.798. The Hall–Kier alpha value is -1.85. The highest BCUT2D eigenvalue weighted by molar-refractivity contribution is 5.96. The van der Waals surface area contributed by atoms with Gasteiger partial charge in [0.2, 0.25) is 0 Å². The van der Waals surface area contributed by atoms with Gasteiger partial charge in [-0.2, -0.15) is 5.10 Å². The first-order chi connectivity index (χ1) is 8.68. The third-order valence-electron chi connectivity index (χ3n) is 3.43. The third kappa shape index (κ3) is 2.88. The number of H-pyrrole nitrogens is 1. The fraction of sp³-hybridized carbons (Fsp3) is 0.583. The number of carbonyl (C=O) groups excluding carboxylic acids is 1. The van der Waals surface area contributed by atoms with E-state index in [-0.39, 0.29) is 11.8 Å². The number of carboxylic acids is 1. The van der Waals surface area contributed by atoms with Crippen molar-refractivity contribution in [2.45, 2.75) is 38.1 Å². The Balaban J connectivity index is 2.02. The molecule has 1 heterocycles. The molecular formula is C12H17N3O3. The zero-order valence-corrected chi connectivity index (χ0v) is 10.1. The molecule has 1 aromatic heterocycles. The van der Waals surface area contributed by atoms with Crippen LogP contribution in [-0.4, -0.2) is 33.2 Å². The smallest absolute Gasteiger partial charge is 0.326 e. The largest absolute Gasteiger partial charge is 0.480 e. The van der Waals surface area contributed by atoms with Crippen molar-refractivity contribution in [3.63, 3.8) is 0 Å². The van der Waals surface area contributed by atoms with Gasteiger partial charge in [-0.3, -0.25) is 9.89 Å². The molecule has 6 nitrogen and oxygen atoms in total. The number of rotatable bonds is 4. The molecule has 1 aliphatic rings. The predicted molar refractivity (Wildman–Crippen MR) is 64.1 cm³/mol. The number of nitrogens with one attached hydrogen (secondary N) is 2. The SMILES string of the molecule is O=C(NC(C(=O)O)C1CCCCC1)c1cn[nH]c1. The van der Waals surface area contributed by atoms with Gasteiger partial charge in [-0.25, -0.2) is 4.79 Å². The molecule has 1 atom stereocenters. The standard InChI is InChI=1S/C12H17N3O3/c16-11(9-6-13-14-7-9)15-10(12(17)18)8-4-2-1-3-5-8/h6-8,10H,1-5H2,(H,13,14)(H,15,16)(H,17,18). The summed E-state index contributed by atoms with van der Waals surface area (Å²) in [5.41, 5.74) is 0.358. The average molecular weight is 251 g/mol. The molecule has 1 aliphatic carbocycles. The van der Waals surface area contributed by atoms with Crippen LogP contribution in [0.1, 0.15) is 42.5 Å². The first kappa shape index (κ1) is 12.6. The normalized spacial score (nSPS) is 18.2. The zero-order chi connectivity index (χ0) is 13.0. The van der Waals surface area contributed by atoms with E-state index in [1.54, 1.807) is 0 Å². The Labute approximate surface area is 105 Å². The van der Waals surface area contributed by atoms with Crippen molar-refractivity contribution in [3.05, 3.63) is 18.0 Å². The topological polar surface area (TPSA) is 95.1 Å². The maximum absolute atomic E-state index is 11.8. The third-order valence-corrected chi connectivity index (χ3v) is 3.43. The van der Waals surface area contributed by atoms with E-state index in [0.717, 1.165) is 32.1 Å². The molecule has 18 heavy (non-hydrogen) atoms. The number of aromatic nitrogens is 2. The number of carboxylic acid groups (broad SMARTS) is 1. The Morgan fingerprint density at radius 1 is 1.39 bits per heavy atom. The number of aliphatic carboxylic acids is 1. The van der Waals surface area contributed by atoms with Crippen LogP contribution >= 0.6 is 0 Å². The van der Waals surface area contributed by atoms with Crippen molar-refractivity contribution in [3.8, 4) is 0 Å². The van der Waals surface area contributed by atoms with Crippen molar-refractivity contribution >= 4 is 11.9 Å². The van der Waals surface area contributed by atoms with E-state index in [4.69, 9.17) is 0 Å². The highest BCUT2D eigenvalue weighted by atomic mass is 16.4. The van der Waals surface area contributed by atoms with Gasteiger partial charge in [0.05, 0.1) is 11.8 Å². The Kier molecular flexibility index (Phi) is 3.96. The van der Waals surface area contributed by atoms with Crippen molar-refractivity contribution in [1.82, 2.24) is 15.5 Å². The second-order valence-electron chi connectivity index (χ2n) is 4.67. The summed E-state index contributed by atoms with van der Waals surface area (Å²) in [6.45, 7) is 0. The van der Waals surface area contributed by atoms with Crippen LogP contribution in [0, 0.1) is 5.92 Å². The van der Waals surface area contributed by atoms with Crippen molar-refractivity contribution in [2.75, 3.05) is 0 Å². The molecule has 0 radical (unpaired) electrons. The van der Waals surface area contributed by atoms with Crippen LogP contribution in [0.25, 0.3) is 0 Å². The summed E-state index contributed by atoms with van der Waals surface area (Å²) in [4.78, 5) is 23.1. The van der Waals surface area contributed by atoms with E-state index in [1.807, 2.05) is 0 Å². The molecule has 0 saturated heterocycles. The molecule has 98 valence electrons. The summed E-state index contributed by atoms with van der Waals surface area (Å²) in [6.07, 6.45) is 7.79. The molecular weight excluding hydrogens is 234 g/mol. The van der Waals surface area contributed by atoms with E-state index < -0.39 is 12.0 Å². The number of hydrogen-bond acceptors (Lipinski definition) is 3. The van der Waals surface area contributed by atoms with Crippen LogP contribution in [0.3, 0.4) is 0 Å². The van der Waals surface area contributed by atoms with Gasteiger partial charge in [0, 0.05) is 6.20 Å². The number of nitrogens with zero attached hydrogens (tertiary/aromatic N) is 1. The van der Waals surface area contributed by atoms with Crippen LogP contribution in [0.15, 0.2) is 12.4 Å². The van der Waals surface area contributed by atoms with Crippen LogP contribution in [0.4, 0.5) is 0 Å². The minimum atomic E-state index is -0.959. The monoisotopic (exact) mass is 251 g/mol. The van der Waals surface area contributed by atoms with Gasteiger partial charge in [-0.05, 0) is 18.8 Å². The van der Waals surface area contributed by atoms with Gasteiger partial charge in [0.15, 0.2) is 0 Å². The quantitative estimate of drug-likeness (QED) is 0.748. The van der Waals surface area contributed by atoms with Crippen LogP contribution in [0.2, 0.25) is 0 Å². The maximum atomic E-state index is 11.8. The molecule has 0 spiro atoms. The molecule has 1 aromatic rings. The molecule has 0 bridgehead atoms. The maximum Gasteiger partial charge on any atom is 0.326 e. The minimum Gasteiger partial charge on any atom is -0.480 e. The molecule has 0 aliphatic heterocycles. The number of hydrogen-bond donors (Lipinski definition) is 3. The summed E-state index contributed by atoms with van der Waals surface area (Å²) in [5.74, 6) is -1.31. The lowest BCUT2D eigenvalue weighted by molar-refractivity contribution is -0.141. The second kappa shape index (κ2) is 5.66. The van der Waals surface area contributed by atoms with Crippen LogP contribution in [0.5, 0.6) is 0 Å². The molecule has 1 amide bonds. The molecule has 1 saturated carbocycles. The lowest BCUT2D eigenvalue weighted by atomic mass is 9.84. The highest BCUT2D eigenvalue weighted by Crippen LogP contribution is 2.26. The van der Waals surface area contributed by atoms with Crippen molar-refractivity contribution in [2.24, 2.45) is 5.92 Å².